The Labute approximate surface area is 126 Å². The molecule has 1 aromatic rings. The average Bonchev–Trinajstić information content (AvgIpc) is 3.25. The fourth-order valence-electron chi connectivity index (χ4n) is 3.12. The standard InChI is InChI=1S/C17H24N2O2/c1-17(9-10-18-12-17)16(20)19(14-7-8-14)11-13-5-3-4-6-15(13)21-2/h3-6,14,18H,7-12H2,1-2H3. The summed E-state index contributed by atoms with van der Waals surface area (Å²) < 4.78 is 5.43. The number of para-hydroxylation sites is 1. The van der Waals surface area contributed by atoms with Crippen LogP contribution in [0.5, 0.6) is 5.75 Å². The molecule has 4 heteroatoms. The van der Waals surface area contributed by atoms with Gasteiger partial charge in [-0.15, -0.1) is 0 Å². The van der Waals surface area contributed by atoms with Crippen molar-refractivity contribution in [3.05, 3.63) is 29.8 Å². The highest BCUT2D eigenvalue weighted by Crippen LogP contribution is 2.36. The number of carbonyl (C=O) groups excluding carboxylic acids is 1. The number of hydrogen-bond acceptors (Lipinski definition) is 3. The zero-order valence-corrected chi connectivity index (χ0v) is 12.9. The van der Waals surface area contributed by atoms with E-state index in [1.165, 1.54) is 0 Å². The van der Waals surface area contributed by atoms with Crippen LogP contribution in [-0.2, 0) is 11.3 Å². The molecule has 1 saturated heterocycles. The van der Waals surface area contributed by atoms with E-state index >= 15 is 0 Å². The first-order valence-electron chi connectivity index (χ1n) is 7.78. The molecule has 1 saturated carbocycles. The van der Waals surface area contributed by atoms with E-state index in [4.69, 9.17) is 4.74 Å². The molecule has 0 radical (unpaired) electrons. The molecule has 114 valence electrons. The van der Waals surface area contributed by atoms with E-state index in [2.05, 4.69) is 23.2 Å². The van der Waals surface area contributed by atoms with Crippen molar-refractivity contribution >= 4 is 5.91 Å². The summed E-state index contributed by atoms with van der Waals surface area (Å²) >= 11 is 0. The van der Waals surface area contributed by atoms with Crippen LogP contribution in [0, 0.1) is 5.41 Å². The molecule has 1 N–H and O–H groups in total. The van der Waals surface area contributed by atoms with Gasteiger partial charge in [0.15, 0.2) is 0 Å². The van der Waals surface area contributed by atoms with Crippen molar-refractivity contribution in [1.29, 1.82) is 0 Å². The van der Waals surface area contributed by atoms with Gasteiger partial charge in [0, 0.05) is 24.7 Å². The first-order chi connectivity index (χ1) is 10.1. The van der Waals surface area contributed by atoms with Crippen LogP contribution in [-0.4, -0.2) is 37.0 Å². The Morgan fingerprint density at radius 1 is 1.43 bits per heavy atom. The Balaban J connectivity index is 1.80. The van der Waals surface area contributed by atoms with E-state index in [9.17, 15) is 4.79 Å². The van der Waals surface area contributed by atoms with Crippen LogP contribution in [0.4, 0.5) is 0 Å². The van der Waals surface area contributed by atoms with Gasteiger partial charge in [-0.2, -0.15) is 0 Å². The summed E-state index contributed by atoms with van der Waals surface area (Å²) in [6.07, 6.45) is 3.19. The van der Waals surface area contributed by atoms with Crippen molar-refractivity contribution in [2.45, 2.75) is 38.8 Å². The number of ether oxygens (including phenoxy) is 1. The highest BCUT2D eigenvalue weighted by molar-refractivity contribution is 5.83. The molecule has 1 atom stereocenters. The van der Waals surface area contributed by atoms with Crippen molar-refractivity contribution in [1.82, 2.24) is 10.2 Å². The maximum absolute atomic E-state index is 13.0. The molecule has 21 heavy (non-hydrogen) atoms. The molecular formula is C17H24N2O2. The van der Waals surface area contributed by atoms with Crippen LogP contribution in [0.2, 0.25) is 0 Å². The highest BCUT2D eigenvalue weighted by atomic mass is 16.5. The number of hydrogen-bond donors (Lipinski definition) is 1. The molecule has 0 aromatic heterocycles. The molecular weight excluding hydrogens is 264 g/mol. The third-order valence-corrected chi connectivity index (χ3v) is 4.67. The van der Waals surface area contributed by atoms with Gasteiger partial charge in [-0.05, 0) is 38.8 Å². The van der Waals surface area contributed by atoms with Crippen LogP contribution in [0.1, 0.15) is 31.7 Å². The van der Waals surface area contributed by atoms with Crippen LogP contribution in [0.3, 0.4) is 0 Å². The van der Waals surface area contributed by atoms with Crippen molar-refractivity contribution in [2.75, 3.05) is 20.2 Å². The minimum Gasteiger partial charge on any atom is -0.496 e. The molecule has 0 bridgehead atoms. The lowest BCUT2D eigenvalue weighted by Gasteiger charge is -2.32. The molecule has 4 nitrogen and oxygen atoms in total. The van der Waals surface area contributed by atoms with Crippen molar-refractivity contribution in [3.8, 4) is 5.75 Å². The molecule has 1 unspecified atom stereocenters. The molecule has 0 spiro atoms. The first kappa shape index (κ1) is 14.4. The van der Waals surface area contributed by atoms with Gasteiger partial charge in [0.05, 0.1) is 12.5 Å². The monoisotopic (exact) mass is 288 g/mol. The summed E-state index contributed by atoms with van der Waals surface area (Å²) in [7, 11) is 1.68. The third-order valence-electron chi connectivity index (χ3n) is 4.67. The zero-order chi connectivity index (χ0) is 14.9. The lowest BCUT2D eigenvalue weighted by Crippen LogP contribution is -2.44. The maximum atomic E-state index is 13.0. The summed E-state index contributed by atoms with van der Waals surface area (Å²) in [5, 5.41) is 3.32. The minimum absolute atomic E-state index is 0.245. The molecule has 1 heterocycles. The lowest BCUT2D eigenvalue weighted by atomic mass is 9.87. The molecule has 2 aliphatic rings. The third kappa shape index (κ3) is 2.91. The van der Waals surface area contributed by atoms with Gasteiger partial charge < -0.3 is 15.0 Å². The Bertz CT molecular complexity index is 519. The van der Waals surface area contributed by atoms with Gasteiger partial charge in [0.1, 0.15) is 5.75 Å². The van der Waals surface area contributed by atoms with Gasteiger partial charge in [-0.25, -0.2) is 0 Å². The molecule has 1 amide bonds. The number of nitrogens with one attached hydrogen (secondary N) is 1. The second-order valence-electron chi connectivity index (χ2n) is 6.46. The predicted octanol–water partition coefficient (Wildman–Crippen LogP) is 2.19. The smallest absolute Gasteiger partial charge is 0.230 e. The minimum atomic E-state index is -0.245. The number of rotatable bonds is 5. The van der Waals surface area contributed by atoms with Crippen molar-refractivity contribution in [2.24, 2.45) is 5.41 Å². The fourth-order valence-corrected chi connectivity index (χ4v) is 3.12. The van der Waals surface area contributed by atoms with E-state index in [0.717, 1.165) is 43.7 Å². The molecule has 2 fully saturated rings. The van der Waals surface area contributed by atoms with E-state index in [1.54, 1.807) is 7.11 Å². The highest BCUT2D eigenvalue weighted by Gasteiger charge is 2.43. The predicted molar refractivity (Wildman–Crippen MR) is 82.2 cm³/mol. The fraction of sp³-hybridized carbons (Fsp3) is 0.588. The van der Waals surface area contributed by atoms with Gasteiger partial charge in [-0.1, -0.05) is 18.2 Å². The number of amides is 1. The van der Waals surface area contributed by atoms with Crippen LogP contribution in [0.15, 0.2) is 24.3 Å². The lowest BCUT2D eigenvalue weighted by molar-refractivity contribution is -0.141. The molecule has 1 aliphatic carbocycles. The Morgan fingerprint density at radius 2 is 2.19 bits per heavy atom. The average molecular weight is 288 g/mol. The zero-order valence-electron chi connectivity index (χ0n) is 12.9. The number of methoxy groups -OCH3 is 1. The van der Waals surface area contributed by atoms with Gasteiger partial charge >= 0.3 is 0 Å². The van der Waals surface area contributed by atoms with E-state index in [1.807, 2.05) is 18.2 Å². The van der Waals surface area contributed by atoms with E-state index in [0.29, 0.717) is 18.5 Å². The van der Waals surface area contributed by atoms with Crippen molar-refractivity contribution < 1.29 is 9.53 Å². The maximum Gasteiger partial charge on any atom is 0.230 e. The summed E-state index contributed by atoms with van der Waals surface area (Å²) in [6.45, 7) is 4.48. The first-order valence-corrected chi connectivity index (χ1v) is 7.78. The topological polar surface area (TPSA) is 41.6 Å². The Kier molecular flexibility index (Phi) is 3.89. The molecule has 1 aliphatic heterocycles. The normalized spacial score (nSPS) is 24.9. The Hall–Kier alpha value is -1.55. The van der Waals surface area contributed by atoms with Crippen LogP contribution in [0.25, 0.3) is 0 Å². The SMILES string of the molecule is COc1ccccc1CN(C(=O)C1(C)CCNC1)C1CC1. The number of nitrogens with zero attached hydrogens (tertiary/aromatic N) is 1. The summed E-state index contributed by atoms with van der Waals surface area (Å²) in [6, 6.07) is 8.40. The summed E-state index contributed by atoms with van der Waals surface area (Å²) in [5.74, 6) is 1.16. The molecule has 3 rings (SSSR count). The number of carbonyl (C=O) groups is 1. The van der Waals surface area contributed by atoms with Gasteiger partial charge in [-0.3, -0.25) is 4.79 Å². The number of benzene rings is 1. The second-order valence-corrected chi connectivity index (χ2v) is 6.46. The van der Waals surface area contributed by atoms with E-state index < -0.39 is 0 Å². The van der Waals surface area contributed by atoms with Crippen LogP contribution >= 0.6 is 0 Å². The Morgan fingerprint density at radius 3 is 2.81 bits per heavy atom. The molecule has 1 aromatic carbocycles. The van der Waals surface area contributed by atoms with Gasteiger partial charge in [0.25, 0.3) is 0 Å². The summed E-state index contributed by atoms with van der Waals surface area (Å²) in [5.41, 5.74) is 0.847. The quantitative estimate of drug-likeness (QED) is 0.903. The van der Waals surface area contributed by atoms with Crippen molar-refractivity contribution in [3.63, 3.8) is 0 Å². The largest absolute Gasteiger partial charge is 0.496 e. The van der Waals surface area contributed by atoms with Gasteiger partial charge in [0.2, 0.25) is 5.91 Å². The van der Waals surface area contributed by atoms with E-state index in [-0.39, 0.29) is 5.41 Å². The second kappa shape index (κ2) is 5.68. The van der Waals surface area contributed by atoms with Crippen LogP contribution < -0.4 is 10.1 Å². The summed E-state index contributed by atoms with van der Waals surface area (Å²) in [4.78, 5) is 15.1.